The number of aromatic nitrogens is 1. The molecule has 0 unspecified atom stereocenters. The van der Waals surface area contributed by atoms with Gasteiger partial charge in [-0.1, -0.05) is 12.1 Å². The highest BCUT2D eigenvalue weighted by Gasteiger charge is 2.15. The van der Waals surface area contributed by atoms with E-state index in [0.29, 0.717) is 16.3 Å². The lowest BCUT2D eigenvalue weighted by atomic mass is 10.0. The van der Waals surface area contributed by atoms with Gasteiger partial charge in [-0.2, -0.15) is 0 Å². The first-order valence-electron chi connectivity index (χ1n) is 7.62. The van der Waals surface area contributed by atoms with Crippen molar-refractivity contribution in [1.82, 2.24) is 4.98 Å². The highest BCUT2D eigenvalue weighted by Crippen LogP contribution is 2.26. The van der Waals surface area contributed by atoms with Crippen LogP contribution in [0.4, 0.5) is 5.13 Å². The van der Waals surface area contributed by atoms with Crippen LogP contribution in [0.5, 0.6) is 0 Å². The van der Waals surface area contributed by atoms with Crippen molar-refractivity contribution in [3.8, 4) is 0 Å². The summed E-state index contributed by atoms with van der Waals surface area (Å²) in [6.45, 7) is 2.00. The van der Waals surface area contributed by atoms with E-state index in [2.05, 4.69) is 10.3 Å². The van der Waals surface area contributed by atoms with Crippen molar-refractivity contribution in [3.05, 3.63) is 63.3 Å². The lowest BCUT2D eigenvalue weighted by Gasteiger charge is -2.08. The van der Waals surface area contributed by atoms with Gasteiger partial charge in [0.25, 0.3) is 5.91 Å². The molecule has 0 spiro atoms. The summed E-state index contributed by atoms with van der Waals surface area (Å²) < 4.78 is 23.3. The third-order valence-corrected chi connectivity index (χ3v) is 6.30. The minimum Gasteiger partial charge on any atom is -0.298 e. The fraction of sp³-hybridized carbons (Fsp3) is 0.111. The van der Waals surface area contributed by atoms with E-state index in [1.54, 1.807) is 41.1 Å². The molecule has 3 rings (SSSR count). The number of anilines is 1. The number of hydrogen-bond acceptors (Lipinski definition) is 6. The van der Waals surface area contributed by atoms with Gasteiger partial charge in [0, 0.05) is 33.2 Å². The van der Waals surface area contributed by atoms with Gasteiger partial charge in [-0.05, 0) is 42.8 Å². The average Bonchev–Trinajstić information content (AvgIpc) is 3.23. The van der Waals surface area contributed by atoms with E-state index in [0.717, 1.165) is 16.0 Å². The molecule has 0 aliphatic rings. The minimum atomic E-state index is -3.29. The summed E-state index contributed by atoms with van der Waals surface area (Å²) in [7, 11) is -3.29. The van der Waals surface area contributed by atoms with Crippen LogP contribution >= 0.6 is 22.7 Å². The summed E-state index contributed by atoms with van der Waals surface area (Å²) in [4.78, 5) is 19.2. The molecule has 1 aromatic carbocycles. The molecule has 2 heterocycles. The van der Waals surface area contributed by atoms with Crippen LogP contribution in [-0.4, -0.2) is 25.6 Å². The summed E-state index contributed by atoms with van der Waals surface area (Å²) in [6.07, 6.45) is 4.58. The van der Waals surface area contributed by atoms with Crippen molar-refractivity contribution in [3.63, 3.8) is 0 Å². The van der Waals surface area contributed by atoms with Crippen LogP contribution < -0.4 is 5.32 Å². The van der Waals surface area contributed by atoms with E-state index in [4.69, 9.17) is 0 Å². The largest absolute Gasteiger partial charge is 0.298 e. The predicted octanol–water partition coefficient (Wildman–Crippen LogP) is 4.10. The summed E-state index contributed by atoms with van der Waals surface area (Å²) in [6, 6.07) is 10.2. The first kappa shape index (κ1) is 18.5. The van der Waals surface area contributed by atoms with Gasteiger partial charge in [0.2, 0.25) is 0 Å². The van der Waals surface area contributed by atoms with Gasteiger partial charge >= 0.3 is 0 Å². The molecule has 1 N–H and O–H groups in total. The van der Waals surface area contributed by atoms with E-state index < -0.39 is 9.84 Å². The van der Waals surface area contributed by atoms with Gasteiger partial charge in [-0.15, -0.1) is 22.7 Å². The van der Waals surface area contributed by atoms with Crippen LogP contribution in [0.2, 0.25) is 0 Å². The first-order chi connectivity index (χ1) is 12.3. The Labute approximate surface area is 160 Å². The van der Waals surface area contributed by atoms with Crippen molar-refractivity contribution in [2.24, 2.45) is 0 Å². The molecule has 0 radical (unpaired) electrons. The van der Waals surface area contributed by atoms with Crippen molar-refractivity contribution in [2.75, 3.05) is 11.6 Å². The maximum Gasteiger partial charge on any atom is 0.258 e. The number of carbonyl (C=O) groups excluding carboxylic acids is 1. The standard InChI is InChI=1S/C18H16N2O3S3/c1-12-3-6-14(25-12)11-16(17(21)20-18-19-9-10-24-18)13-4-7-15(8-5-13)26(2,22)23/h3-11H,1-2H3,(H,19,20,21). The van der Waals surface area contributed by atoms with Crippen LogP contribution in [0.1, 0.15) is 15.3 Å². The highest BCUT2D eigenvalue weighted by atomic mass is 32.2. The second-order valence-corrected chi connectivity index (χ2v) is 9.82. The molecule has 1 amide bonds. The van der Waals surface area contributed by atoms with Crippen LogP contribution in [0.3, 0.4) is 0 Å². The molecule has 0 atom stereocenters. The number of hydrogen-bond donors (Lipinski definition) is 1. The van der Waals surface area contributed by atoms with Crippen LogP contribution in [0.15, 0.2) is 52.9 Å². The minimum absolute atomic E-state index is 0.216. The number of thiophene rings is 1. The second-order valence-electron chi connectivity index (χ2n) is 5.59. The smallest absolute Gasteiger partial charge is 0.258 e. The molecule has 2 aromatic heterocycles. The maximum atomic E-state index is 12.8. The Morgan fingerprint density at radius 3 is 2.42 bits per heavy atom. The Bertz CT molecular complexity index is 1050. The zero-order valence-corrected chi connectivity index (χ0v) is 16.5. The lowest BCUT2D eigenvalue weighted by Crippen LogP contribution is -2.13. The lowest BCUT2D eigenvalue weighted by molar-refractivity contribution is -0.111. The number of benzene rings is 1. The molecule has 0 fully saturated rings. The maximum absolute atomic E-state index is 12.8. The Morgan fingerprint density at radius 1 is 1.15 bits per heavy atom. The number of aryl methyl sites for hydroxylation is 1. The quantitative estimate of drug-likeness (QED) is 0.650. The van der Waals surface area contributed by atoms with Gasteiger partial charge in [-0.25, -0.2) is 13.4 Å². The molecular formula is C18H16N2O3S3. The molecule has 0 aliphatic heterocycles. The Kier molecular flexibility index (Phi) is 5.36. The molecule has 3 aromatic rings. The van der Waals surface area contributed by atoms with Crippen molar-refractivity contribution in [1.29, 1.82) is 0 Å². The molecule has 134 valence electrons. The molecule has 0 saturated carbocycles. The van der Waals surface area contributed by atoms with E-state index >= 15 is 0 Å². The average molecular weight is 405 g/mol. The zero-order chi connectivity index (χ0) is 18.7. The normalized spacial score (nSPS) is 12.2. The van der Waals surface area contributed by atoms with Gasteiger partial charge in [0.1, 0.15) is 0 Å². The van der Waals surface area contributed by atoms with Crippen molar-refractivity contribution >= 4 is 55.2 Å². The third-order valence-electron chi connectivity index (χ3n) is 3.54. The number of sulfone groups is 1. The molecule has 26 heavy (non-hydrogen) atoms. The van der Waals surface area contributed by atoms with Gasteiger partial charge in [0.15, 0.2) is 15.0 Å². The third kappa shape index (κ3) is 4.46. The monoisotopic (exact) mass is 404 g/mol. The van der Waals surface area contributed by atoms with Crippen LogP contribution in [0.25, 0.3) is 11.6 Å². The zero-order valence-electron chi connectivity index (χ0n) is 14.1. The Hall–Kier alpha value is -2.29. The second kappa shape index (κ2) is 7.53. The van der Waals surface area contributed by atoms with E-state index in [1.165, 1.54) is 23.5 Å². The summed E-state index contributed by atoms with van der Waals surface area (Å²) >= 11 is 2.91. The number of nitrogens with one attached hydrogen (secondary N) is 1. The fourth-order valence-corrected chi connectivity index (χ4v) is 4.26. The van der Waals surface area contributed by atoms with Crippen molar-refractivity contribution < 1.29 is 13.2 Å². The molecule has 5 nitrogen and oxygen atoms in total. The molecule has 0 saturated heterocycles. The number of thiazole rings is 1. The fourth-order valence-electron chi connectivity index (χ4n) is 2.28. The summed E-state index contributed by atoms with van der Waals surface area (Å²) in [5.74, 6) is -0.293. The molecular weight excluding hydrogens is 388 g/mol. The Balaban J connectivity index is 1.99. The SMILES string of the molecule is Cc1ccc(C=C(C(=O)Nc2nccs2)c2ccc(S(C)(=O)=O)cc2)s1. The molecule has 0 bridgehead atoms. The van der Waals surface area contributed by atoms with Crippen LogP contribution in [-0.2, 0) is 14.6 Å². The molecule has 0 aliphatic carbocycles. The number of nitrogens with zero attached hydrogens (tertiary/aromatic N) is 1. The number of amides is 1. The predicted molar refractivity (Wildman–Crippen MR) is 107 cm³/mol. The van der Waals surface area contributed by atoms with E-state index in [9.17, 15) is 13.2 Å². The summed E-state index contributed by atoms with van der Waals surface area (Å²) in [5.41, 5.74) is 1.08. The summed E-state index contributed by atoms with van der Waals surface area (Å²) in [5, 5.41) is 5.07. The van der Waals surface area contributed by atoms with E-state index in [1.807, 2.05) is 19.1 Å². The van der Waals surface area contributed by atoms with Crippen molar-refractivity contribution in [2.45, 2.75) is 11.8 Å². The van der Waals surface area contributed by atoms with E-state index in [-0.39, 0.29) is 10.8 Å². The Morgan fingerprint density at radius 2 is 1.88 bits per heavy atom. The molecule has 8 heteroatoms. The van der Waals surface area contributed by atoms with Crippen LogP contribution in [0, 0.1) is 6.92 Å². The van der Waals surface area contributed by atoms with Gasteiger partial charge in [0.05, 0.1) is 4.90 Å². The number of carbonyl (C=O) groups is 1. The topological polar surface area (TPSA) is 76.1 Å². The van der Waals surface area contributed by atoms with Gasteiger partial charge < -0.3 is 0 Å². The number of rotatable bonds is 5. The first-order valence-corrected chi connectivity index (χ1v) is 11.2. The van der Waals surface area contributed by atoms with Gasteiger partial charge in [-0.3, -0.25) is 10.1 Å². The highest BCUT2D eigenvalue weighted by molar-refractivity contribution is 7.90.